The van der Waals surface area contributed by atoms with Crippen molar-refractivity contribution in [3.05, 3.63) is 64.6 Å². The molecule has 0 atom stereocenters. The number of piperidine rings is 2. The average Bonchev–Trinajstić information content (AvgIpc) is 3.46. The summed E-state index contributed by atoms with van der Waals surface area (Å²) in [5.41, 5.74) is 0.725. The molecule has 0 unspecified atom stereocenters. The van der Waals surface area contributed by atoms with Gasteiger partial charge in [-0.15, -0.1) is 0 Å². The van der Waals surface area contributed by atoms with Crippen molar-refractivity contribution in [3.8, 4) is 17.0 Å². The number of rotatable bonds is 8. The number of carboxylic acid groups (broad SMARTS) is 1. The first-order valence-corrected chi connectivity index (χ1v) is 15.5. The maximum atomic E-state index is 14.6. The standard InChI is InChI=1S/C31H35ClF2N6O4.CH2O2/c1-39-24(22-5-6-25(44-2)27(34)26(22)33)17-36-28(39)30(42)38-20-3-4-21(23(32)15-20)31(43)40-13-9-19(10-14-40)29(41)37-16-18-7-11-35-12-8-18;2-1-3/h3-6,15,17-19,35H,7-14,16H2,1-2H3,(H,37,41)(H,38,42);1H,(H,2,3). The molecule has 2 saturated heterocycles. The van der Waals surface area contributed by atoms with Crippen LogP contribution < -0.4 is 20.7 Å². The number of hydrogen-bond donors (Lipinski definition) is 4. The van der Waals surface area contributed by atoms with Crippen LogP contribution in [0.15, 0.2) is 36.5 Å². The summed E-state index contributed by atoms with van der Waals surface area (Å²) in [6, 6.07) is 7.20. The van der Waals surface area contributed by atoms with Gasteiger partial charge < -0.3 is 35.3 Å². The number of methoxy groups -OCH3 is 1. The summed E-state index contributed by atoms with van der Waals surface area (Å²) in [5.74, 6) is -2.96. The molecular formula is C32H37ClF2N6O6. The Morgan fingerprint density at radius 3 is 2.43 bits per heavy atom. The lowest BCUT2D eigenvalue weighted by Crippen LogP contribution is -2.44. The van der Waals surface area contributed by atoms with Crippen molar-refractivity contribution in [2.75, 3.05) is 45.2 Å². The van der Waals surface area contributed by atoms with Crippen molar-refractivity contribution in [2.45, 2.75) is 25.7 Å². The minimum atomic E-state index is -1.14. The van der Waals surface area contributed by atoms with Gasteiger partial charge in [0.1, 0.15) is 0 Å². The van der Waals surface area contributed by atoms with Crippen LogP contribution in [0.2, 0.25) is 5.02 Å². The molecule has 2 aliphatic heterocycles. The maximum absolute atomic E-state index is 14.6. The number of imidazole rings is 1. The molecule has 4 N–H and O–H groups in total. The molecule has 1 aromatic heterocycles. The number of carbonyl (C=O) groups excluding carboxylic acids is 3. The largest absolute Gasteiger partial charge is 0.494 e. The first-order valence-electron chi connectivity index (χ1n) is 15.1. The Hall–Kier alpha value is -4.56. The van der Waals surface area contributed by atoms with E-state index in [0.29, 0.717) is 44.1 Å². The van der Waals surface area contributed by atoms with E-state index >= 15 is 0 Å². The third-order valence-electron chi connectivity index (χ3n) is 8.37. The molecule has 0 saturated carbocycles. The lowest BCUT2D eigenvalue weighted by atomic mass is 9.94. The molecule has 47 heavy (non-hydrogen) atoms. The number of hydrogen-bond acceptors (Lipinski definition) is 7. The number of ether oxygens (including phenoxy) is 1. The van der Waals surface area contributed by atoms with Gasteiger partial charge in [0.05, 0.1) is 29.6 Å². The van der Waals surface area contributed by atoms with Gasteiger partial charge in [-0.05, 0) is 75.0 Å². The van der Waals surface area contributed by atoms with Crippen molar-refractivity contribution in [2.24, 2.45) is 18.9 Å². The second-order valence-electron chi connectivity index (χ2n) is 11.2. The summed E-state index contributed by atoms with van der Waals surface area (Å²) in [6.07, 6.45) is 4.56. The second-order valence-corrected chi connectivity index (χ2v) is 11.6. The highest BCUT2D eigenvalue weighted by molar-refractivity contribution is 6.34. The van der Waals surface area contributed by atoms with Gasteiger partial charge in [-0.25, -0.2) is 9.37 Å². The van der Waals surface area contributed by atoms with E-state index in [1.807, 2.05) is 0 Å². The highest BCUT2D eigenvalue weighted by atomic mass is 35.5. The lowest BCUT2D eigenvalue weighted by molar-refractivity contribution is -0.126. The highest BCUT2D eigenvalue weighted by Crippen LogP contribution is 2.30. The van der Waals surface area contributed by atoms with E-state index in [-0.39, 0.29) is 57.6 Å². The third-order valence-corrected chi connectivity index (χ3v) is 8.68. The summed E-state index contributed by atoms with van der Waals surface area (Å²) in [6.45, 7) is 3.30. The number of likely N-dealkylation sites (tertiary alicyclic amines) is 1. The Morgan fingerprint density at radius 2 is 1.79 bits per heavy atom. The molecule has 5 rings (SSSR count). The molecule has 2 fully saturated rings. The predicted octanol–water partition coefficient (Wildman–Crippen LogP) is 3.95. The fourth-order valence-corrected chi connectivity index (χ4v) is 5.96. The Kier molecular flexibility index (Phi) is 12.3. The number of nitrogens with zero attached hydrogens (tertiary/aromatic N) is 3. The van der Waals surface area contributed by atoms with E-state index in [0.717, 1.165) is 25.9 Å². The monoisotopic (exact) mass is 674 g/mol. The zero-order valence-electron chi connectivity index (χ0n) is 26.0. The molecule has 3 aromatic rings. The van der Waals surface area contributed by atoms with Gasteiger partial charge in [0.25, 0.3) is 18.3 Å². The molecule has 12 nitrogen and oxygen atoms in total. The van der Waals surface area contributed by atoms with Crippen molar-refractivity contribution in [1.29, 1.82) is 0 Å². The zero-order valence-corrected chi connectivity index (χ0v) is 26.8. The van der Waals surface area contributed by atoms with Gasteiger partial charge in [-0.3, -0.25) is 19.2 Å². The number of halogens is 3. The topological polar surface area (TPSA) is 155 Å². The third kappa shape index (κ3) is 8.43. The maximum Gasteiger partial charge on any atom is 0.291 e. The molecule has 3 heterocycles. The Labute approximate surface area is 275 Å². The molecular weight excluding hydrogens is 638 g/mol. The summed E-state index contributed by atoms with van der Waals surface area (Å²) < 4.78 is 35.0. The van der Waals surface area contributed by atoms with Gasteiger partial charge in [0.2, 0.25) is 11.7 Å². The fraction of sp³-hybridized carbons (Fsp3) is 0.406. The van der Waals surface area contributed by atoms with Crippen molar-refractivity contribution >= 4 is 41.5 Å². The van der Waals surface area contributed by atoms with Gasteiger partial charge in [-0.2, -0.15) is 4.39 Å². The fourth-order valence-electron chi connectivity index (χ4n) is 5.70. The SMILES string of the molecule is COc1ccc(-c2cnc(C(=O)Nc3ccc(C(=O)N4CCC(C(=O)NCC5CCNCC5)CC4)c(Cl)c3)n2C)c(F)c1F.O=CO. The van der Waals surface area contributed by atoms with E-state index in [1.54, 1.807) is 11.0 Å². The minimum absolute atomic E-state index is 0.0467. The van der Waals surface area contributed by atoms with E-state index < -0.39 is 17.5 Å². The van der Waals surface area contributed by atoms with Gasteiger partial charge in [0.15, 0.2) is 17.4 Å². The van der Waals surface area contributed by atoms with Crippen LogP contribution in [0.3, 0.4) is 0 Å². The number of nitrogens with one attached hydrogen (secondary N) is 3. The van der Waals surface area contributed by atoms with E-state index in [1.165, 1.54) is 49.2 Å². The molecule has 3 amide bonds. The molecule has 0 radical (unpaired) electrons. The lowest BCUT2D eigenvalue weighted by Gasteiger charge is -2.32. The first-order chi connectivity index (χ1) is 22.6. The van der Waals surface area contributed by atoms with Gasteiger partial charge in [0, 0.05) is 43.9 Å². The number of anilines is 1. The van der Waals surface area contributed by atoms with E-state index in [4.69, 9.17) is 26.2 Å². The van der Waals surface area contributed by atoms with Crippen LogP contribution in [0.4, 0.5) is 14.5 Å². The average molecular weight is 675 g/mol. The summed E-state index contributed by atoms with van der Waals surface area (Å²) >= 11 is 6.46. The highest BCUT2D eigenvalue weighted by Gasteiger charge is 2.29. The van der Waals surface area contributed by atoms with Crippen LogP contribution >= 0.6 is 11.6 Å². The quantitative estimate of drug-likeness (QED) is 0.262. The van der Waals surface area contributed by atoms with Crippen molar-refractivity contribution in [3.63, 3.8) is 0 Å². The summed E-state index contributed by atoms with van der Waals surface area (Å²) in [4.78, 5) is 53.0. The van der Waals surface area contributed by atoms with Crippen LogP contribution in [0.5, 0.6) is 5.75 Å². The Bertz CT molecular complexity index is 1600. The number of amides is 3. The second kappa shape index (κ2) is 16.3. The normalized spacial score (nSPS) is 15.3. The first kappa shape index (κ1) is 35.3. The van der Waals surface area contributed by atoms with Gasteiger partial charge >= 0.3 is 0 Å². The van der Waals surface area contributed by atoms with Crippen LogP contribution in [-0.2, 0) is 16.6 Å². The Balaban J connectivity index is 0.00000160. The smallest absolute Gasteiger partial charge is 0.291 e. The van der Waals surface area contributed by atoms with E-state index in [2.05, 4.69) is 20.9 Å². The van der Waals surface area contributed by atoms with Crippen LogP contribution in [0.1, 0.15) is 46.7 Å². The number of aromatic nitrogens is 2. The minimum Gasteiger partial charge on any atom is -0.494 e. The molecule has 0 aliphatic carbocycles. The Morgan fingerprint density at radius 1 is 1.11 bits per heavy atom. The molecule has 2 aromatic carbocycles. The molecule has 2 aliphatic rings. The van der Waals surface area contributed by atoms with Crippen molar-refractivity contribution < 1.29 is 37.8 Å². The van der Waals surface area contributed by atoms with Gasteiger partial charge in [-0.1, -0.05) is 11.6 Å². The number of carbonyl (C=O) groups is 4. The number of benzene rings is 2. The molecule has 0 spiro atoms. The van der Waals surface area contributed by atoms with E-state index in [9.17, 15) is 23.2 Å². The molecule has 0 bridgehead atoms. The van der Waals surface area contributed by atoms with Crippen LogP contribution in [0, 0.1) is 23.5 Å². The molecule has 252 valence electrons. The summed E-state index contributed by atoms with van der Waals surface area (Å²) in [7, 11) is 2.75. The predicted molar refractivity (Wildman–Crippen MR) is 170 cm³/mol. The van der Waals surface area contributed by atoms with Crippen LogP contribution in [-0.4, -0.2) is 83.6 Å². The summed E-state index contributed by atoms with van der Waals surface area (Å²) in [5, 5.41) is 16.1. The van der Waals surface area contributed by atoms with Crippen LogP contribution in [0.25, 0.3) is 11.3 Å². The molecule has 15 heteroatoms. The zero-order chi connectivity index (χ0) is 34.1. The van der Waals surface area contributed by atoms with Crippen molar-refractivity contribution in [1.82, 2.24) is 25.1 Å².